The van der Waals surface area contributed by atoms with Crippen molar-refractivity contribution in [1.82, 2.24) is 0 Å². The fourth-order valence-corrected chi connectivity index (χ4v) is 1.56. The van der Waals surface area contributed by atoms with Crippen LogP contribution >= 0.6 is 0 Å². The molecule has 1 nitrogen and oxygen atoms in total. The summed E-state index contributed by atoms with van der Waals surface area (Å²) < 4.78 is 0. The summed E-state index contributed by atoms with van der Waals surface area (Å²) >= 11 is 0. The number of aryl methyl sites for hydroxylation is 1. The molecule has 0 atom stereocenters. The molecule has 66 valence electrons. The Hall–Kier alpha value is -1.37. The van der Waals surface area contributed by atoms with E-state index in [1.165, 1.54) is 16.8 Å². The molecule has 1 aromatic rings. The number of aliphatic imine (C=N–C) groups is 1. The third kappa shape index (κ3) is 1.69. The van der Waals surface area contributed by atoms with Gasteiger partial charge in [0.15, 0.2) is 0 Å². The van der Waals surface area contributed by atoms with Crippen LogP contribution in [0.2, 0.25) is 0 Å². The van der Waals surface area contributed by atoms with Crippen molar-refractivity contribution in [1.29, 1.82) is 0 Å². The van der Waals surface area contributed by atoms with E-state index >= 15 is 0 Å². The van der Waals surface area contributed by atoms with Gasteiger partial charge in [-0.15, -0.1) is 0 Å². The number of hydrogen-bond acceptors (Lipinski definition) is 1. The van der Waals surface area contributed by atoms with Crippen molar-refractivity contribution in [2.75, 3.05) is 0 Å². The van der Waals surface area contributed by atoms with E-state index in [0.29, 0.717) is 0 Å². The predicted molar refractivity (Wildman–Crippen MR) is 56.1 cm³/mol. The van der Waals surface area contributed by atoms with Crippen LogP contribution in [0.15, 0.2) is 41.0 Å². The van der Waals surface area contributed by atoms with Crippen LogP contribution in [0.1, 0.15) is 24.5 Å². The maximum atomic E-state index is 4.48. The molecule has 1 aliphatic rings. The highest BCUT2D eigenvalue weighted by Crippen LogP contribution is 2.16. The Balaban J connectivity index is 2.33. The highest BCUT2D eigenvalue weighted by Gasteiger charge is 2.07. The standard InChI is InChI=1S/C12H13N/c1-9-4-3-5-11(8-9)12-7-6-10(2)13-12/h3-6,8H,7H2,1-2H3. The molecular weight excluding hydrogens is 158 g/mol. The predicted octanol–water partition coefficient (Wildman–Crippen LogP) is 3.09. The molecular formula is C12H13N. The molecule has 13 heavy (non-hydrogen) atoms. The molecule has 0 fully saturated rings. The maximum absolute atomic E-state index is 4.48. The van der Waals surface area contributed by atoms with Crippen molar-refractivity contribution in [3.8, 4) is 0 Å². The van der Waals surface area contributed by atoms with Crippen molar-refractivity contribution in [2.45, 2.75) is 20.3 Å². The Labute approximate surface area is 78.8 Å². The Bertz CT molecular complexity index is 386. The normalized spacial score (nSPS) is 15.5. The van der Waals surface area contributed by atoms with E-state index in [9.17, 15) is 0 Å². The lowest BCUT2D eigenvalue weighted by molar-refractivity contribution is 1.33. The lowest BCUT2D eigenvalue weighted by Crippen LogP contribution is -1.95. The quantitative estimate of drug-likeness (QED) is 0.615. The van der Waals surface area contributed by atoms with Gasteiger partial charge in [-0.2, -0.15) is 0 Å². The van der Waals surface area contributed by atoms with Gasteiger partial charge in [-0.25, -0.2) is 0 Å². The van der Waals surface area contributed by atoms with Crippen LogP contribution in [0.3, 0.4) is 0 Å². The Morgan fingerprint density at radius 1 is 1.23 bits per heavy atom. The van der Waals surface area contributed by atoms with E-state index in [0.717, 1.165) is 12.1 Å². The Morgan fingerprint density at radius 2 is 2.08 bits per heavy atom. The van der Waals surface area contributed by atoms with E-state index in [1.807, 2.05) is 6.92 Å². The molecule has 2 rings (SSSR count). The van der Waals surface area contributed by atoms with Gasteiger partial charge in [0.05, 0.1) is 5.71 Å². The fraction of sp³-hybridized carbons (Fsp3) is 0.250. The van der Waals surface area contributed by atoms with Crippen LogP contribution in [-0.4, -0.2) is 5.71 Å². The molecule has 1 aliphatic heterocycles. The minimum absolute atomic E-state index is 0.981. The van der Waals surface area contributed by atoms with Gasteiger partial charge in [-0.1, -0.05) is 35.9 Å². The minimum Gasteiger partial charge on any atom is -0.258 e. The first-order valence-corrected chi connectivity index (χ1v) is 4.57. The summed E-state index contributed by atoms with van der Waals surface area (Å²) in [6, 6.07) is 8.50. The lowest BCUT2D eigenvalue weighted by atomic mass is 10.1. The third-order valence-corrected chi connectivity index (χ3v) is 2.25. The van der Waals surface area contributed by atoms with Crippen molar-refractivity contribution >= 4 is 5.71 Å². The molecule has 1 aromatic carbocycles. The first-order valence-electron chi connectivity index (χ1n) is 4.57. The first-order chi connectivity index (χ1) is 6.25. The zero-order chi connectivity index (χ0) is 9.26. The average Bonchev–Trinajstić information content (AvgIpc) is 2.52. The number of benzene rings is 1. The summed E-state index contributed by atoms with van der Waals surface area (Å²) in [6.45, 7) is 4.15. The molecule has 1 heteroatoms. The van der Waals surface area contributed by atoms with E-state index in [2.05, 4.69) is 42.3 Å². The molecule has 0 aliphatic carbocycles. The molecule has 1 heterocycles. The Morgan fingerprint density at radius 3 is 2.69 bits per heavy atom. The first kappa shape index (κ1) is 8.24. The topological polar surface area (TPSA) is 12.4 Å². The van der Waals surface area contributed by atoms with Gasteiger partial charge in [0.2, 0.25) is 0 Å². The number of nitrogens with zero attached hydrogens (tertiary/aromatic N) is 1. The largest absolute Gasteiger partial charge is 0.258 e. The van der Waals surface area contributed by atoms with Crippen LogP contribution in [0.5, 0.6) is 0 Å². The van der Waals surface area contributed by atoms with Crippen LogP contribution in [-0.2, 0) is 0 Å². The molecule has 0 amide bonds. The summed E-state index contributed by atoms with van der Waals surface area (Å²) in [4.78, 5) is 4.48. The molecule has 0 radical (unpaired) electrons. The van der Waals surface area contributed by atoms with Gasteiger partial charge < -0.3 is 0 Å². The van der Waals surface area contributed by atoms with E-state index < -0.39 is 0 Å². The molecule has 0 spiro atoms. The van der Waals surface area contributed by atoms with Crippen LogP contribution in [0.25, 0.3) is 0 Å². The van der Waals surface area contributed by atoms with E-state index in [-0.39, 0.29) is 0 Å². The second-order valence-corrected chi connectivity index (χ2v) is 3.48. The summed E-state index contributed by atoms with van der Waals surface area (Å²) in [6.07, 6.45) is 3.15. The van der Waals surface area contributed by atoms with Gasteiger partial charge in [-0.3, -0.25) is 4.99 Å². The van der Waals surface area contributed by atoms with Crippen molar-refractivity contribution in [3.05, 3.63) is 47.2 Å². The average molecular weight is 171 g/mol. The second-order valence-electron chi connectivity index (χ2n) is 3.48. The molecule has 0 N–H and O–H groups in total. The Kier molecular flexibility index (Phi) is 2.01. The number of allylic oxidation sites excluding steroid dienone is 2. The molecule has 0 bridgehead atoms. The van der Waals surface area contributed by atoms with Crippen LogP contribution in [0.4, 0.5) is 0 Å². The van der Waals surface area contributed by atoms with Gasteiger partial charge >= 0.3 is 0 Å². The summed E-state index contributed by atoms with van der Waals surface area (Å²) in [7, 11) is 0. The van der Waals surface area contributed by atoms with Gasteiger partial charge in [0.1, 0.15) is 0 Å². The SMILES string of the molecule is CC1=CCC(c2cccc(C)c2)=N1. The van der Waals surface area contributed by atoms with Crippen molar-refractivity contribution in [3.63, 3.8) is 0 Å². The number of rotatable bonds is 1. The van der Waals surface area contributed by atoms with Crippen LogP contribution < -0.4 is 0 Å². The molecule has 0 saturated heterocycles. The number of hydrogen-bond donors (Lipinski definition) is 0. The highest BCUT2D eigenvalue weighted by molar-refractivity contribution is 6.03. The molecule has 0 unspecified atom stereocenters. The zero-order valence-corrected chi connectivity index (χ0v) is 8.04. The van der Waals surface area contributed by atoms with Crippen molar-refractivity contribution in [2.24, 2.45) is 4.99 Å². The van der Waals surface area contributed by atoms with Gasteiger partial charge in [0, 0.05) is 12.1 Å². The smallest absolute Gasteiger partial charge is 0.0517 e. The fourth-order valence-electron chi connectivity index (χ4n) is 1.56. The van der Waals surface area contributed by atoms with Gasteiger partial charge in [-0.05, 0) is 19.4 Å². The summed E-state index contributed by atoms with van der Waals surface area (Å²) in [5, 5.41) is 0. The third-order valence-electron chi connectivity index (χ3n) is 2.25. The highest BCUT2D eigenvalue weighted by atomic mass is 14.8. The van der Waals surface area contributed by atoms with Crippen LogP contribution in [0, 0.1) is 6.92 Å². The second kappa shape index (κ2) is 3.17. The molecule has 0 saturated carbocycles. The summed E-state index contributed by atoms with van der Waals surface area (Å²) in [5.74, 6) is 0. The summed E-state index contributed by atoms with van der Waals surface area (Å²) in [5.41, 5.74) is 4.88. The zero-order valence-electron chi connectivity index (χ0n) is 8.04. The molecule has 0 aromatic heterocycles. The maximum Gasteiger partial charge on any atom is 0.0517 e. The van der Waals surface area contributed by atoms with E-state index in [4.69, 9.17) is 0 Å². The minimum atomic E-state index is 0.981. The van der Waals surface area contributed by atoms with E-state index in [1.54, 1.807) is 0 Å². The lowest BCUT2D eigenvalue weighted by Gasteiger charge is -2.00. The van der Waals surface area contributed by atoms with Crippen molar-refractivity contribution < 1.29 is 0 Å². The van der Waals surface area contributed by atoms with Gasteiger partial charge in [0.25, 0.3) is 0 Å². The monoisotopic (exact) mass is 171 g/mol.